The third-order valence-electron chi connectivity index (χ3n) is 5.66. The van der Waals surface area contributed by atoms with Crippen molar-refractivity contribution in [1.29, 1.82) is 0 Å². The molecule has 1 amide bonds. The van der Waals surface area contributed by atoms with Gasteiger partial charge in [0, 0.05) is 0 Å². The second kappa shape index (κ2) is 9.45. The highest BCUT2D eigenvalue weighted by Gasteiger charge is 2.20. The van der Waals surface area contributed by atoms with Gasteiger partial charge in [-0.15, -0.1) is 0 Å². The van der Waals surface area contributed by atoms with E-state index in [4.69, 9.17) is 21.3 Å². The molecule has 0 saturated carbocycles. The van der Waals surface area contributed by atoms with Crippen molar-refractivity contribution in [2.24, 2.45) is 0 Å². The van der Waals surface area contributed by atoms with Gasteiger partial charge in [0.15, 0.2) is 0 Å². The van der Waals surface area contributed by atoms with E-state index in [0.29, 0.717) is 23.7 Å². The molecule has 0 aliphatic heterocycles. The molecule has 0 radical (unpaired) electrons. The van der Waals surface area contributed by atoms with Gasteiger partial charge < -0.3 is 14.6 Å². The summed E-state index contributed by atoms with van der Waals surface area (Å²) < 4.78 is 8.20. The monoisotopic (exact) mass is 447 g/mol. The number of aryl methyl sites for hydroxylation is 1. The summed E-state index contributed by atoms with van der Waals surface area (Å²) in [6.07, 6.45) is 0. The van der Waals surface area contributed by atoms with Crippen LogP contribution >= 0.6 is 11.6 Å². The van der Waals surface area contributed by atoms with E-state index in [0.717, 1.165) is 28.2 Å². The predicted octanol–water partition coefficient (Wildman–Crippen LogP) is 5.88. The second-order valence-electron chi connectivity index (χ2n) is 7.83. The summed E-state index contributed by atoms with van der Waals surface area (Å²) in [4.78, 5) is 17.6. The van der Waals surface area contributed by atoms with E-state index in [1.54, 1.807) is 24.3 Å². The van der Waals surface area contributed by atoms with Crippen LogP contribution in [0.5, 0.6) is 5.75 Å². The van der Waals surface area contributed by atoms with Crippen LogP contribution in [-0.4, -0.2) is 22.1 Å². The minimum atomic E-state index is -0.313. The van der Waals surface area contributed by atoms with Gasteiger partial charge >= 0.3 is 0 Å². The number of hydrogen-bond donors (Lipinski definition) is 1. The number of carbonyl (C=O) groups excluding carboxylic acids is 1. The normalized spacial score (nSPS) is 12.0. The summed E-state index contributed by atoms with van der Waals surface area (Å²) in [5, 5.41) is 3.46. The lowest BCUT2D eigenvalue weighted by Gasteiger charge is -2.17. The average molecular weight is 448 g/mol. The van der Waals surface area contributed by atoms with Crippen molar-refractivity contribution >= 4 is 28.5 Å². The van der Waals surface area contributed by atoms with Gasteiger partial charge in [0.2, 0.25) is 0 Å². The molecule has 1 heterocycles. The van der Waals surface area contributed by atoms with Gasteiger partial charge in [0.05, 0.1) is 34.2 Å². The van der Waals surface area contributed by atoms with Crippen molar-refractivity contribution < 1.29 is 9.53 Å². The van der Waals surface area contributed by atoms with Crippen LogP contribution in [0.2, 0.25) is 5.02 Å². The van der Waals surface area contributed by atoms with E-state index in [2.05, 4.69) is 29.8 Å². The molecule has 3 aromatic carbocycles. The smallest absolute Gasteiger partial charge is 0.253 e. The Bertz CT molecular complexity index is 1270. The van der Waals surface area contributed by atoms with Crippen LogP contribution in [0.3, 0.4) is 0 Å². The fourth-order valence-electron chi connectivity index (χ4n) is 3.77. The molecule has 1 unspecified atom stereocenters. The van der Waals surface area contributed by atoms with E-state index in [1.807, 2.05) is 43.3 Å². The average Bonchev–Trinajstić information content (AvgIpc) is 3.16. The number of amides is 1. The van der Waals surface area contributed by atoms with Crippen LogP contribution in [0.4, 0.5) is 0 Å². The number of imidazole rings is 1. The summed E-state index contributed by atoms with van der Waals surface area (Å²) in [5.74, 6) is 1.43. The van der Waals surface area contributed by atoms with E-state index in [9.17, 15) is 4.79 Å². The van der Waals surface area contributed by atoms with Gasteiger partial charge in [0.1, 0.15) is 18.2 Å². The van der Waals surface area contributed by atoms with Gasteiger partial charge in [-0.1, -0.05) is 48.0 Å². The number of nitrogens with one attached hydrogen (secondary N) is 1. The number of fused-ring (bicyclic) bond motifs is 1. The Hall–Kier alpha value is -3.31. The van der Waals surface area contributed by atoms with Crippen LogP contribution in [0.15, 0.2) is 66.7 Å². The predicted molar refractivity (Wildman–Crippen MR) is 128 cm³/mol. The first kappa shape index (κ1) is 21.9. The van der Waals surface area contributed by atoms with E-state index in [1.165, 1.54) is 5.56 Å². The Morgan fingerprint density at radius 1 is 1.06 bits per heavy atom. The highest BCUT2D eigenvalue weighted by molar-refractivity contribution is 6.33. The SMILES string of the molecule is Cc1cccc(OCCn2c(C(C)NC(=O)c3ccccc3Cl)nc3ccccc32)c1C. The lowest BCUT2D eigenvalue weighted by molar-refractivity contribution is 0.0937. The maximum absolute atomic E-state index is 12.8. The first-order valence-corrected chi connectivity index (χ1v) is 11.0. The Morgan fingerprint density at radius 3 is 2.62 bits per heavy atom. The van der Waals surface area contributed by atoms with E-state index >= 15 is 0 Å². The summed E-state index contributed by atoms with van der Waals surface area (Å²) in [7, 11) is 0. The van der Waals surface area contributed by atoms with Crippen molar-refractivity contribution in [2.45, 2.75) is 33.4 Å². The van der Waals surface area contributed by atoms with Gasteiger partial charge in [-0.3, -0.25) is 4.79 Å². The third-order valence-corrected chi connectivity index (χ3v) is 5.99. The summed E-state index contributed by atoms with van der Waals surface area (Å²) in [6, 6.07) is 20.7. The van der Waals surface area contributed by atoms with Crippen molar-refractivity contribution in [3.8, 4) is 5.75 Å². The number of halogens is 1. The fourth-order valence-corrected chi connectivity index (χ4v) is 3.99. The molecule has 6 heteroatoms. The van der Waals surface area contributed by atoms with E-state index in [-0.39, 0.29) is 11.9 Å². The quantitative estimate of drug-likeness (QED) is 0.385. The topological polar surface area (TPSA) is 56.1 Å². The molecule has 0 fully saturated rings. The molecule has 32 heavy (non-hydrogen) atoms. The molecular weight excluding hydrogens is 422 g/mol. The molecule has 0 spiro atoms. The number of rotatable bonds is 7. The molecule has 0 aliphatic rings. The molecule has 0 saturated heterocycles. The van der Waals surface area contributed by atoms with Gasteiger partial charge in [-0.05, 0) is 62.2 Å². The lowest BCUT2D eigenvalue weighted by atomic mass is 10.1. The molecule has 1 N–H and O–H groups in total. The zero-order valence-corrected chi connectivity index (χ0v) is 19.2. The molecule has 5 nitrogen and oxygen atoms in total. The van der Waals surface area contributed by atoms with Gasteiger partial charge in [0.25, 0.3) is 5.91 Å². The number of para-hydroxylation sites is 2. The number of aromatic nitrogens is 2. The first-order valence-electron chi connectivity index (χ1n) is 10.6. The number of nitrogens with zero attached hydrogens (tertiary/aromatic N) is 2. The zero-order valence-electron chi connectivity index (χ0n) is 18.4. The highest BCUT2D eigenvalue weighted by Crippen LogP contribution is 2.24. The van der Waals surface area contributed by atoms with Gasteiger partial charge in [-0.25, -0.2) is 4.98 Å². The fraction of sp³-hybridized carbons (Fsp3) is 0.231. The van der Waals surface area contributed by atoms with Crippen LogP contribution in [0.25, 0.3) is 11.0 Å². The van der Waals surface area contributed by atoms with Crippen LogP contribution < -0.4 is 10.1 Å². The number of ether oxygens (including phenoxy) is 1. The number of hydrogen-bond acceptors (Lipinski definition) is 3. The molecule has 1 aromatic heterocycles. The maximum Gasteiger partial charge on any atom is 0.253 e. The molecule has 0 bridgehead atoms. The second-order valence-corrected chi connectivity index (χ2v) is 8.24. The maximum atomic E-state index is 12.8. The van der Waals surface area contributed by atoms with Crippen molar-refractivity contribution in [3.05, 3.63) is 94.3 Å². The van der Waals surface area contributed by atoms with E-state index < -0.39 is 0 Å². The molecule has 0 aliphatic carbocycles. The number of benzene rings is 3. The van der Waals surface area contributed by atoms with Crippen LogP contribution in [0.1, 0.15) is 40.3 Å². The molecule has 1 atom stereocenters. The Morgan fingerprint density at radius 2 is 1.81 bits per heavy atom. The highest BCUT2D eigenvalue weighted by atomic mass is 35.5. The van der Waals surface area contributed by atoms with Crippen molar-refractivity contribution in [3.63, 3.8) is 0 Å². The number of carbonyl (C=O) groups is 1. The molecule has 4 rings (SSSR count). The van der Waals surface area contributed by atoms with Crippen molar-refractivity contribution in [2.75, 3.05) is 6.61 Å². The van der Waals surface area contributed by atoms with Gasteiger partial charge in [-0.2, -0.15) is 0 Å². The minimum Gasteiger partial charge on any atom is -0.491 e. The third kappa shape index (κ3) is 4.48. The summed E-state index contributed by atoms with van der Waals surface area (Å²) >= 11 is 6.20. The largest absolute Gasteiger partial charge is 0.491 e. The lowest BCUT2D eigenvalue weighted by Crippen LogP contribution is -2.29. The molecule has 4 aromatic rings. The summed E-state index contributed by atoms with van der Waals surface area (Å²) in [5.41, 5.74) is 4.68. The standard InChI is InChI=1S/C26H26ClN3O2/c1-17-9-8-14-24(18(17)2)32-16-15-30-23-13-7-6-12-22(23)29-25(30)19(3)28-26(31)20-10-4-5-11-21(20)27/h4-14,19H,15-16H2,1-3H3,(H,28,31). The van der Waals surface area contributed by atoms with Crippen LogP contribution in [-0.2, 0) is 6.54 Å². The van der Waals surface area contributed by atoms with Crippen molar-refractivity contribution in [1.82, 2.24) is 14.9 Å². The van der Waals surface area contributed by atoms with Crippen LogP contribution in [0, 0.1) is 13.8 Å². The Labute approximate surface area is 193 Å². The molecule has 164 valence electrons. The zero-order chi connectivity index (χ0) is 22.7. The minimum absolute atomic E-state index is 0.228. The molecular formula is C26H26ClN3O2. The Kier molecular flexibility index (Phi) is 6.47. The summed E-state index contributed by atoms with van der Waals surface area (Å²) in [6.45, 7) is 7.17. The Balaban J connectivity index is 1.56. The first-order chi connectivity index (χ1) is 15.5.